The van der Waals surface area contributed by atoms with Crippen molar-refractivity contribution in [3.63, 3.8) is 0 Å². The fourth-order valence-corrected chi connectivity index (χ4v) is 5.32. The van der Waals surface area contributed by atoms with Gasteiger partial charge in [0.05, 0.1) is 11.1 Å². The number of aromatic nitrogens is 2. The largest absolute Gasteiger partial charge is 0.478 e. The van der Waals surface area contributed by atoms with Gasteiger partial charge in [0.2, 0.25) is 0 Å². The highest BCUT2D eigenvalue weighted by molar-refractivity contribution is 6.03. The number of imidazole rings is 1. The second-order valence-electron chi connectivity index (χ2n) is 10.6. The summed E-state index contributed by atoms with van der Waals surface area (Å²) in [6.45, 7) is 5.81. The number of nitrogens with zero attached hydrogens (tertiary/aromatic N) is 7. The number of amides is 2. The Bertz CT molecular complexity index is 1500. The Hall–Kier alpha value is -4.63. The first-order valence-corrected chi connectivity index (χ1v) is 14.4. The van der Waals surface area contributed by atoms with Crippen LogP contribution < -0.4 is 0 Å². The Morgan fingerprint density at radius 2 is 1.79 bits per heavy atom. The van der Waals surface area contributed by atoms with Gasteiger partial charge in [0.1, 0.15) is 11.5 Å². The minimum atomic E-state index is -1.16. The number of aryl methyl sites for hydroxylation is 1. The zero-order valence-corrected chi connectivity index (χ0v) is 24.4. The van der Waals surface area contributed by atoms with E-state index in [0.717, 1.165) is 36.8 Å². The van der Waals surface area contributed by atoms with E-state index in [1.165, 1.54) is 12.1 Å². The number of carbonyl (C=O) groups excluding carboxylic acids is 2. The molecule has 0 aliphatic carbocycles. The molecular formula is C31H37N7O4. The average Bonchev–Trinajstić information content (AvgIpc) is 3.39. The molecule has 2 amide bonds. The van der Waals surface area contributed by atoms with Crippen molar-refractivity contribution in [2.45, 2.75) is 58.5 Å². The number of hydrogen-bond donors (Lipinski definition) is 1. The van der Waals surface area contributed by atoms with Crippen LogP contribution >= 0.6 is 0 Å². The van der Waals surface area contributed by atoms with Gasteiger partial charge in [-0.2, -0.15) is 0 Å². The molecule has 11 heteroatoms. The van der Waals surface area contributed by atoms with Crippen molar-refractivity contribution in [2.75, 3.05) is 19.6 Å². The smallest absolute Gasteiger partial charge is 0.335 e. The van der Waals surface area contributed by atoms with Gasteiger partial charge in [0.25, 0.3) is 11.8 Å². The quantitative estimate of drug-likeness (QED) is 0.168. The van der Waals surface area contributed by atoms with Gasteiger partial charge in [-0.25, -0.2) is 9.78 Å². The zero-order valence-electron chi connectivity index (χ0n) is 24.4. The molecule has 0 fully saturated rings. The topological polar surface area (TPSA) is 144 Å². The predicted molar refractivity (Wildman–Crippen MR) is 159 cm³/mol. The van der Waals surface area contributed by atoms with Gasteiger partial charge in [0.15, 0.2) is 0 Å². The molecule has 1 aromatic heterocycles. The second kappa shape index (κ2) is 13.8. The molecule has 0 saturated carbocycles. The zero-order chi connectivity index (χ0) is 30.2. The summed E-state index contributed by atoms with van der Waals surface area (Å²) in [4.78, 5) is 50.7. The van der Waals surface area contributed by atoms with Crippen molar-refractivity contribution in [1.29, 1.82) is 0 Å². The molecule has 4 rings (SSSR count). The van der Waals surface area contributed by atoms with Gasteiger partial charge in [-0.3, -0.25) is 9.59 Å². The summed E-state index contributed by atoms with van der Waals surface area (Å²) in [5.74, 6) is -1.35. The molecular weight excluding hydrogens is 534 g/mol. The van der Waals surface area contributed by atoms with Crippen molar-refractivity contribution < 1.29 is 19.5 Å². The summed E-state index contributed by atoms with van der Waals surface area (Å²) in [6, 6.07) is 11.7. The Morgan fingerprint density at radius 3 is 2.43 bits per heavy atom. The maximum absolute atomic E-state index is 14.2. The van der Waals surface area contributed by atoms with Crippen LogP contribution in [0.1, 0.15) is 81.9 Å². The van der Waals surface area contributed by atoms with E-state index in [1.54, 1.807) is 28.8 Å². The van der Waals surface area contributed by atoms with E-state index in [2.05, 4.69) is 28.9 Å². The van der Waals surface area contributed by atoms with Gasteiger partial charge in [-0.1, -0.05) is 56.1 Å². The molecule has 1 unspecified atom stereocenters. The van der Waals surface area contributed by atoms with Crippen LogP contribution in [0.25, 0.3) is 21.8 Å². The first-order chi connectivity index (χ1) is 20.3. The molecule has 2 heterocycles. The second-order valence-corrected chi connectivity index (χ2v) is 10.6. The standard InChI is InChI=1S/C31H37N7O4/c1-4-6-14-37(15-7-5-2)30(40)27-20-36(3)28(34-27)25-13-12-22(31(41)42)17-26(25)29(39)38-19-23-11-9-8-10-21(23)16-24(38)18-33-35-32/h8-13,17,20,24H,4-7,14-16,18-19H2,1-3H3,(H,41,42). The number of carbonyl (C=O) groups is 3. The van der Waals surface area contributed by atoms with Crippen molar-refractivity contribution >= 4 is 17.8 Å². The lowest BCUT2D eigenvalue weighted by molar-refractivity contribution is 0.0648. The number of carboxylic acid groups (broad SMARTS) is 1. The molecule has 0 saturated heterocycles. The number of azide groups is 1. The number of rotatable bonds is 12. The fraction of sp³-hybridized carbons (Fsp3) is 0.419. The van der Waals surface area contributed by atoms with E-state index in [1.807, 2.05) is 29.2 Å². The third-order valence-corrected chi connectivity index (χ3v) is 7.66. The lowest BCUT2D eigenvalue weighted by atomic mass is 9.92. The van der Waals surface area contributed by atoms with E-state index in [0.29, 0.717) is 30.9 Å². The average molecular weight is 572 g/mol. The molecule has 1 aliphatic heterocycles. The van der Waals surface area contributed by atoms with Crippen LogP contribution in [-0.4, -0.2) is 67.9 Å². The molecule has 2 aromatic carbocycles. The van der Waals surface area contributed by atoms with Crippen LogP contribution in [0.4, 0.5) is 0 Å². The predicted octanol–water partition coefficient (Wildman–Crippen LogP) is 5.71. The molecule has 0 radical (unpaired) electrons. The lowest BCUT2D eigenvalue weighted by Gasteiger charge is -2.36. The first-order valence-electron chi connectivity index (χ1n) is 14.4. The van der Waals surface area contributed by atoms with Crippen LogP contribution in [-0.2, 0) is 20.0 Å². The van der Waals surface area contributed by atoms with Crippen LogP contribution in [0.15, 0.2) is 53.8 Å². The molecule has 11 nitrogen and oxygen atoms in total. The molecule has 1 N–H and O–H groups in total. The maximum Gasteiger partial charge on any atom is 0.335 e. The third-order valence-electron chi connectivity index (χ3n) is 7.66. The Balaban J connectivity index is 1.76. The van der Waals surface area contributed by atoms with Crippen molar-refractivity contribution in [3.05, 3.63) is 87.1 Å². The first kappa shape index (κ1) is 30.3. The number of aromatic carboxylic acids is 1. The molecule has 42 heavy (non-hydrogen) atoms. The van der Waals surface area contributed by atoms with Crippen molar-refractivity contribution in [2.24, 2.45) is 12.2 Å². The number of unbranched alkanes of at least 4 members (excludes halogenated alkanes) is 2. The minimum Gasteiger partial charge on any atom is -0.478 e. The summed E-state index contributed by atoms with van der Waals surface area (Å²) in [5, 5.41) is 13.5. The Morgan fingerprint density at radius 1 is 1.10 bits per heavy atom. The Kier molecular flexibility index (Phi) is 9.98. The van der Waals surface area contributed by atoms with Gasteiger partial charge < -0.3 is 19.5 Å². The maximum atomic E-state index is 14.2. The van der Waals surface area contributed by atoms with Gasteiger partial charge >= 0.3 is 5.97 Å². The van der Waals surface area contributed by atoms with E-state index in [-0.39, 0.29) is 35.8 Å². The summed E-state index contributed by atoms with van der Waals surface area (Å²) in [6.07, 6.45) is 5.87. The summed E-state index contributed by atoms with van der Waals surface area (Å²) < 4.78 is 1.70. The molecule has 0 bridgehead atoms. The van der Waals surface area contributed by atoms with Crippen LogP contribution in [0.5, 0.6) is 0 Å². The molecule has 3 aromatic rings. The van der Waals surface area contributed by atoms with Crippen LogP contribution in [0.2, 0.25) is 0 Å². The summed E-state index contributed by atoms with van der Waals surface area (Å²) >= 11 is 0. The summed E-state index contributed by atoms with van der Waals surface area (Å²) in [7, 11) is 1.75. The van der Waals surface area contributed by atoms with Gasteiger partial charge in [0, 0.05) is 55.9 Å². The van der Waals surface area contributed by atoms with Crippen LogP contribution in [0, 0.1) is 0 Å². The van der Waals surface area contributed by atoms with E-state index in [4.69, 9.17) is 5.53 Å². The third kappa shape index (κ3) is 6.63. The summed E-state index contributed by atoms with van der Waals surface area (Å²) in [5.41, 5.74) is 11.8. The van der Waals surface area contributed by atoms with Crippen LogP contribution in [0.3, 0.4) is 0 Å². The highest BCUT2D eigenvalue weighted by Crippen LogP contribution is 2.30. The molecule has 1 atom stereocenters. The SMILES string of the molecule is CCCCN(CCCC)C(=O)c1cn(C)c(-c2ccc(C(=O)O)cc2C(=O)N2Cc3ccccc3CC2CN=[N+]=[N-])n1. The van der Waals surface area contributed by atoms with Crippen molar-refractivity contribution in [3.8, 4) is 11.4 Å². The highest BCUT2D eigenvalue weighted by Gasteiger charge is 2.32. The van der Waals surface area contributed by atoms with E-state index >= 15 is 0 Å². The fourth-order valence-electron chi connectivity index (χ4n) is 5.32. The minimum absolute atomic E-state index is 0.0399. The van der Waals surface area contributed by atoms with Gasteiger partial charge in [-0.15, -0.1) is 0 Å². The number of carboxylic acids is 1. The Labute approximate surface area is 245 Å². The number of hydrogen-bond acceptors (Lipinski definition) is 5. The number of fused-ring (bicyclic) bond motifs is 1. The molecule has 0 spiro atoms. The number of benzene rings is 2. The van der Waals surface area contributed by atoms with Crippen molar-refractivity contribution in [1.82, 2.24) is 19.4 Å². The molecule has 220 valence electrons. The van der Waals surface area contributed by atoms with Gasteiger partial charge in [-0.05, 0) is 54.1 Å². The molecule has 1 aliphatic rings. The highest BCUT2D eigenvalue weighted by atomic mass is 16.4. The van der Waals surface area contributed by atoms with E-state index in [9.17, 15) is 19.5 Å². The van der Waals surface area contributed by atoms with E-state index < -0.39 is 17.9 Å². The normalized spacial score (nSPS) is 14.2. The monoisotopic (exact) mass is 571 g/mol. The lowest BCUT2D eigenvalue weighted by Crippen LogP contribution is -2.46.